The number of nitrogens with zero attached hydrogens (tertiary/aromatic N) is 1. The van der Waals surface area contributed by atoms with Crippen LogP contribution < -0.4 is 9.44 Å². The van der Waals surface area contributed by atoms with Gasteiger partial charge >= 0.3 is 0 Å². The third-order valence-electron chi connectivity index (χ3n) is 4.66. The first-order valence-corrected chi connectivity index (χ1v) is 11.0. The first-order chi connectivity index (χ1) is 13.3. The number of nitrogens with one attached hydrogen (secondary N) is 2. The number of ketones is 1. The molecule has 0 heterocycles. The van der Waals surface area contributed by atoms with E-state index in [1.54, 1.807) is 24.3 Å². The maximum Gasteiger partial charge on any atom is 0.299 e. The van der Waals surface area contributed by atoms with Gasteiger partial charge in [-0.15, -0.1) is 17.0 Å². The van der Waals surface area contributed by atoms with E-state index in [0.29, 0.717) is 24.3 Å². The third-order valence-corrected chi connectivity index (χ3v) is 5.81. The second kappa shape index (κ2) is 10.3. The highest BCUT2D eigenvalue weighted by molar-refractivity contribution is 8.93. The maximum atomic E-state index is 12.7. The van der Waals surface area contributed by atoms with Crippen LogP contribution in [0.1, 0.15) is 42.6 Å². The van der Waals surface area contributed by atoms with Crippen LogP contribution >= 0.6 is 17.0 Å². The average molecular weight is 482 g/mol. The van der Waals surface area contributed by atoms with Gasteiger partial charge in [-0.25, -0.2) is 0 Å². The van der Waals surface area contributed by atoms with Gasteiger partial charge in [0.05, 0.1) is 6.54 Å². The van der Waals surface area contributed by atoms with Crippen molar-refractivity contribution in [3.8, 4) is 0 Å². The van der Waals surface area contributed by atoms with Gasteiger partial charge in [0.25, 0.3) is 10.2 Å². The molecule has 1 saturated carbocycles. The molecular weight excluding hydrogens is 454 g/mol. The van der Waals surface area contributed by atoms with Gasteiger partial charge in [0.2, 0.25) is 0 Å². The van der Waals surface area contributed by atoms with E-state index in [9.17, 15) is 13.2 Å². The van der Waals surface area contributed by atoms with Crippen LogP contribution in [0.25, 0.3) is 0 Å². The Balaban J connectivity index is 0.00000300. The molecule has 3 rings (SSSR count). The molecular formula is C21H28BrN3O3S. The Labute approximate surface area is 183 Å². The Morgan fingerprint density at radius 2 is 1.69 bits per heavy atom. The summed E-state index contributed by atoms with van der Waals surface area (Å²) in [5.41, 5.74) is 2.17. The SMILES string of the molecule is Br.CC(C)N(CC(=O)c1ccc(NS(=O)(=O)NC2CC2)cc1)Cc1ccccc1. The molecule has 2 aromatic rings. The van der Waals surface area contributed by atoms with E-state index in [1.165, 1.54) is 0 Å². The van der Waals surface area contributed by atoms with Crippen LogP contribution in [0.3, 0.4) is 0 Å². The molecule has 2 N–H and O–H groups in total. The molecule has 1 fully saturated rings. The third kappa shape index (κ3) is 7.54. The molecule has 29 heavy (non-hydrogen) atoms. The Kier molecular flexibility index (Phi) is 8.39. The molecule has 0 spiro atoms. The lowest BCUT2D eigenvalue weighted by Gasteiger charge is -2.25. The topological polar surface area (TPSA) is 78.5 Å². The smallest absolute Gasteiger partial charge is 0.293 e. The van der Waals surface area contributed by atoms with Gasteiger partial charge in [0.1, 0.15) is 0 Å². The predicted octanol–water partition coefficient (Wildman–Crippen LogP) is 3.77. The minimum atomic E-state index is -3.56. The standard InChI is InChI=1S/C21H27N3O3S.BrH/c1-16(2)24(14-17-6-4-3-5-7-17)15-21(25)18-8-10-19(11-9-18)22-28(26,27)23-20-12-13-20;/h3-11,16,20,22-23H,12-15H2,1-2H3;1H. The number of halogens is 1. The van der Waals surface area contributed by atoms with Crippen LogP contribution in [0.15, 0.2) is 54.6 Å². The summed E-state index contributed by atoms with van der Waals surface area (Å²) in [7, 11) is -3.56. The van der Waals surface area contributed by atoms with Gasteiger partial charge in [0, 0.05) is 29.9 Å². The fourth-order valence-electron chi connectivity index (χ4n) is 2.84. The van der Waals surface area contributed by atoms with Crippen molar-refractivity contribution < 1.29 is 13.2 Å². The minimum Gasteiger partial charge on any atom is -0.293 e. The number of rotatable bonds is 10. The van der Waals surface area contributed by atoms with Crippen LogP contribution in [-0.2, 0) is 16.8 Å². The number of carbonyl (C=O) groups excluding carboxylic acids is 1. The molecule has 0 aliphatic heterocycles. The van der Waals surface area contributed by atoms with Crippen molar-refractivity contribution in [3.05, 3.63) is 65.7 Å². The van der Waals surface area contributed by atoms with Gasteiger partial charge in [-0.3, -0.25) is 14.4 Å². The summed E-state index contributed by atoms with van der Waals surface area (Å²) in [6.07, 6.45) is 1.76. The van der Waals surface area contributed by atoms with Gasteiger partial charge in [-0.1, -0.05) is 30.3 Å². The van der Waals surface area contributed by atoms with Crippen LogP contribution in [-0.4, -0.2) is 37.7 Å². The molecule has 0 atom stereocenters. The summed E-state index contributed by atoms with van der Waals surface area (Å²) in [4.78, 5) is 14.8. The quantitative estimate of drug-likeness (QED) is 0.506. The van der Waals surface area contributed by atoms with Gasteiger partial charge in [-0.2, -0.15) is 13.1 Å². The lowest BCUT2D eigenvalue weighted by Crippen LogP contribution is -2.35. The minimum absolute atomic E-state index is 0. The molecule has 0 aromatic heterocycles. The Bertz CT molecular complexity index is 899. The lowest BCUT2D eigenvalue weighted by atomic mass is 10.1. The summed E-state index contributed by atoms with van der Waals surface area (Å²) in [5.74, 6) is 0.00939. The summed E-state index contributed by atoms with van der Waals surface area (Å²) in [5, 5.41) is 0. The first kappa shape index (κ1) is 23.5. The van der Waals surface area contributed by atoms with Crippen molar-refractivity contribution in [2.45, 2.75) is 45.3 Å². The fourth-order valence-corrected chi connectivity index (χ4v) is 4.02. The summed E-state index contributed by atoms with van der Waals surface area (Å²) in [6, 6.07) is 16.9. The predicted molar refractivity (Wildman–Crippen MR) is 122 cm³/mol. The number of anilines is 1. The van der Waals surface area contributed by atoms with E-state index >= 15 is 0 Å². The highest BCUT2D eigenvalue weighted by Crippen LogP contribution is 2.20. The molecule has 8 heteroatoms. The van der Waals surface area contributed by atoms with E-state index in [2.05, 4.69) is 40.3 Å². The number of benzene rings is 2. The zero-order valence-corrected chi connectivity index (χ0v) is 19.2. The van der Waals surface area contributed by atoms with E-state index in [1.807, 2.05) is 18.2 Å². The zero-order chi connectivity index (χ0) is 20.1. The van der Waals surface area contributed by atoms with E-state index in [0.717, 1.165) is 18.4 Å². The van der Waals surface area contributed by atoms with E-state index in [4.69, 9.17) is 0 Å². The number of carbonyl (C=O) groups is 1. The van der Waals surface area contributed by atoms with E-state index in [-0.39, 0.29) is 34.8 Å². The van der Waals surface area contributed by atoms with Crippen LogP contribution in [0.5, 0.6) is 0 Å². The second-order valence-electron chi connectivity index (χ2n) is 7.48. The van der Waals surface area contributed by atoms with Crippen molar-refractivity contribution in [1.82, 2.24) is 9.62 Å². The van der Waals surface area contributed by atoms with Gasteiger partial charge in [-0.05, 0) is 56.5 Å². The monoisotopic (exact) mass is 481 g/mol. The molecule has 0 saturated heterocycles. The largest absolute Gasteiger partial charge is 0.299 e. The van der Waals surface area contributed by atoms with Crippen LogP contribution in [0, 0.1) is 0 Å². The number of Topliss-reactive ketones (excluding diaryl/α,β-unsaturated/α-hetero) is 1. The normalized spacial score (nSPS) is 13.9. The zero-order valence-electron chi connectivity index (χ0n) is 16.7. The van der Waals surface area contributed by atoms with Crippen molar-refractivity contribution in [1.29, 1.82) is 0 Å². The molecule has 0 radical (unpaired) electrons. The van der Waals surface area contributed by atoms with Crippen LogP contribution in [0.4, 0.5) is 5.69 Å². The summed E-state index contributed by atoms with van der Waals surface area (Å²) >= 11 is 0. The Morgan fingerprint density at radius 1 is 1.07 bits per heavy atom. The molecule has 0 bridgehead atoms. The van der Waals surface area contributed by atoms with Crippen molar-refractivity contribution in [3.63, 3.8) is 0 Å². The maximum absolute atomic E-state index is 12.7. The van der Waals surface area contributed by atoms with E-state index < -0.39 is 10.2 Å². The Morgan fingerprint density at radius 3 is 2.24 bits per heavy atom. The molecule has 6 nitrogen and oxygen atoms in total. The van der Waals surface area contributed by atoms with Crippen LogP contribution in [0.2, 0.25) is 0 Å². The number of hydrogen-bond acceptors (Lipinski definition) is 4. The molecule has 2 aromatic carbocycles. The molecule has 158 valence electrons. The molecule has 0 amide bonds. The molecule has 1 aliphatic carbocycles. The fraction of sp³-hybridized carbons (Fsp3) is 0.381. The Hall–Kier alpha value is -1.74. The first-order valence-electron chi connectivity index (χ1n) is 9.54. The van der Waals surface area contributed by atoms with Crippen molar-refractivity contribution >= 4 is 38.7 Å². The van der Waals surface area contributed by atoms with Gasteiger partial charge in [0.15, 0.2) is 5.78 Å². The average Bonchev–Trinajstić information content (AvgIpc) is 3.45. The summed E-state index contributed by atoms with van der Waals surface area (Å²) in [6.45, 7) is 5.15. The lowest BCUT2D eigenvalue weighted by molar-refractivity contribution is 0.0898. The molecule has 0 unspecified atom stereocenters. The highest BCUT2D eigenvalue weighted by atomic mass is 79.9. The second-order valence-corrected chi connectivity index (χ2v) is 8.93. The molecule has 1 aliphatic rings. The van der Waals surface area contributed by atoms with Crippen molar-refractivity contribution in [2.24, 2.45) is 0 Å². The highest BCUT2D eigenvalue weighted by Gasteiger charge is 2.26. The van der Waals surface area contributed by atoms with Crippen molar-refractivity contribution in [2.75, 3.05) is 11.3 Å². The van der Waals surface area contributed by atoms with Gasteiger partial charge < -0.3 is 0 Å². The summed E-state index contributed by atoms with van der Waals surface area (Å²) < 4.78 is 29.0. The number of hydrogen-bond donors (Lipinski definition) is 2.